The van der Waals surface area contributed by atoms with Crippen molar-refractivity contribution in [1.29, 1.82) is 0 Å². The van der Waals surface area contributed by atoms with Gasteiger partial charge in [0.25, 0.3) is 0 Å². The molecule has 0 unspecified atom stereocenters. The van der Waals surface area contributed by atoms with E-state index in [0.717, 1.165) is 6.42 Å². The van der Waals surface area contributed by atoms with Crippen LogP contribution in [0.3, 0.4) is 0 Å². The van der Waals surface area contributed by atoms with Gasteiger partial charge in [0, 0.05) is 0 Å². The summed E-state index contributed by atoms with van der Waals surface area (Å²) in [7, 11) is -0.575. The first kappa shape index (κ1) is 8.79. The molecule has 1 heteroatoms. The predicted molar refractivity (Wildman–Crippen MR) is 53.2 cm³/mol. The Bertz CT molecular complexity index is 187. The van der Waals surface area contributed by atoms with Crippen LogP contribution in [0.5, 0.6) is 0 Å². The van der Waals surface area contributed by atoms with Crippen LogP contribution in [0.1, 0.15) is 26.2 Å². The third kappa shape index (κ3) is 2.06. The Labute approximate surface area is 71.6 Å². The Kier molecular flexibility index (Phi) is 3.12. The van der Waals surface area contributed by atoms with E-state index in [1.54, 1.807) is 10.8 Å². The smallest absolute Gasteiger partial charge is 0.0654 e. The molecule has 0 aromatic heterocycles. The van der Waals surface area contributed by atoms with Crippen LogP contribution in [0, 0.1) is 6.08 Å². The van der Waals surface area contributed by atoms with Gasteiger partial charge in [0.1, 0.15) is 0 Å². The Hall–Kier alpha value is -0.303. The van der Waals surface area contributed by atoms with Crippen molar-refractivity contribution in [3.05, 3.63) is 22.9 Å². The SMILES string of the molecule is CCCC1=CC[C]=C1[SiH](C)C. The molecular weight excluding hydrogens is 148 g/mol. The Morgan fingerprint density at radius 3 is 2.82 bits per heavy atom. The molecule has 0 heterocycles. The van der Waals surface area contributed by atoms with Crippen molar-refractivity contribution in [3.8, 4) is 0 Å². The van der Waals surface area contributed by atoms with Gasteiger partial charge in [0.15, 0.2) is 0 Å². The van der Waals surface area contributed by atoms with E-state index in [1.807, 2.05) is 0 Å². The molecule has 0 spiro atoms. The van der Waals surface area contributed by atoms with Gasteiger partial charge in [-0.1, -0.05) is 43.3 Å². The molecule has 11 heavy (non-hydrogen) atoms. The first-order valence-electron chi connectivity index (χ1n) is 4.55. The highest BCUT2D eigenvalue weighted by atomic mass is 28.3. The third-order valence-corrected chi connectivity index (χ3v) is 3.81. The summed E-state index contributed by atoms with van der Waals surface area (Å²) in [6, 6.07) is 0. The number of hydrogen-bond donors (Lipinski definition) is 0. The van der Waals surface area contributed by atoms with Gasteiger partial charge in [-0.3, -0.25) is 0 Å². The summed E-state index contributed by atoms with van der Waals surface area (Å²) in [6.45, 7) is 7.02. The summed E-state index contributed by atoms with van der Waals surface area (Å²) in [6.07, 6.45) is 9.46. The van der Waals surface area contributed by atoms with Crippen LogP contribution in [0.2, 0.25) is 13.1 Å². The second-order valence-electron chi connectivity index (χ2n) is 3.43. The molecule has 1 radical (unpaired) electrons. The first-order chi connectivity index (χ1) is 5.25. The second-order valence-corrected chi connectivity index (χ2v) is 6.32. The molecule has 1 rings (SSSR count). The van der Waals surface area contributed by atoms with Crippen molar-refractivity contribution < 1.29 is 0 Å². The average molecular weight is 165 g/mol. The normalized spacial score (nSPS) is 17.1. The van der Waals surface area contributed by atoms with Gasteiger partial charge < -0.3 is 0 Å². The molecule has 61 valence electrons. The first-order valence-corrected chi connectivity index (χ1v) is 7.44. The fourth-order valence-corrected chi connectivity index (χ4v) is 3.12. The minimum absolute atomic E-state index is 0.575. The summed E-state index contributed by atoms with van der Waals surface area (Å²) >= 11 is 0. The molecule has 1 aliphatic rings. The molecule has 0 amide bonds. The van der Waals surface area contributed by atoms with Gasteiger partial charge in [0.2, 0.25) is 0 Å². The molecular formula is C10H17Si. The van der Waals surface area contributed by atoms with Crippen LogP contribution in [0.15, 0.2) is 16.8 Å². The van der Waals surface area contributed by atoms with Crippen LogP contribution in [-0.2, 0) is 0 Å². The fraction of sp³-hybridized carbons (Fsp3) is 0.600. The zero-order valence-electron chi connectivity index (χ0n) is 7.78. The van der Waals surface area contributed by atoms with Gasteiger partial charge in [-0.05, 0) is 18.9 Å². The zero-order chi connectivity index (χ0) is 8.27. The van der Waals surface area contributed by atoms with Gasteiger partial charge in [-0.15, -0.1) is 0 Å². The average Bonchev–Trinajstić information content (AvgIpc) is 2.36. The third-order valence-electron chi connectivity index (χ3n) is 2.08. The molecule has 0 saturated heterocycles. The topological polar surface area (TPSA) is 0 Å². The van der Waals surface area contributed by atoms with Crippen LogP contribution in [0.4, 0.5) is 0 Å². The molecule has 1 aliphatic carbocycles. The number of rotatable bonds is 3. The summed E-state index contributed by atoms with van der Waals surface area (Å²) in [4.78, 5) is 0. The van der Waals surface area contributed by atoms with E-state index in [4.69, 9.17) is 0 Å². The van der Waals surface area contributed by atoms with Crippen molar-refractivity contribution in [3.63, 3.8) is 0 Å². The second kappa shape index (κ2) is 3.91. The van der Waals surface area contributed by atoms with Crippen molar-refractivity contribution in [2.75, 3.05) is 0 Å². The van der Waals surface area contributed by atoms with E-state index in [9.17, 15) is 0 Å². The Morgan fingerprint density at radius 1 is 1.55 bits per heavy atom. The lowest BCUT2D eigenvalue weighted by molar-refractivity contribution is 0.923. The highest BCUT2D eigenvalue weighted by Crippen LogP contribution is 2.24. The van der Waals surface area contributed by atoms with E-state index in [-0.39, 0.29) is 0 Å². The molecule has 0 N–H and O–H groups in total. The minimum atomic E-state index is -0.575. The van der Waals surface area contributed by atoms with Crippen LogP contribution in [0.25, 0.3) is 0 Å². The number of allylic oxidation sites excluding steroid dienone is 4. The van der Waals surface area contributed by atoms with Crippen molar-refractivity contribution in [2.45, 2.75) is 39.3 Å². The van der Waals surface area contributed by atoms with Crippen molar-refractivity contribution in [1.82, 2.24) is 0 Å². The van der Waals surface area contributed by atoms with Crippen LogP contribution >= 0.6 is 0 Å². The molecule has 0 nitrogen and oxygen atoms in total. The van der Waals surface area contributed by atoms with E-state index >= 15 is 0 Å². The standard InChI is InChI=1S/C10H17Si/c1-4-6-9-7-5-8-10(9)11(2)3/h7,11H,4-6H2,1-3H3. The molecule has 0 aliphatic heterocycles. The monoisotopic (exact) mass is 165 g/mol. The van der Waals surface area contributed by atoms with E-state index in [0.29, 0.717) is 0 Å². The lowest BCUT2D eigenvalue weighted by Crippen LogP contribution is -2.06. The van der Waals surface area contributed by atoms with Gasteiger partial charge in [-0.25, -0.2) is 0 Å². The summed E-state index contributed by atoms with van der Waals surface area (Å²) < 4.78 is 0. The largest absolute Gasteiger partial charge is 0.0770 e. The quantitative estimate of drug-likeness (QED) is 0.564. The molecule has 0 fully saturated rings. The maximum atomic E-state index is 3.48. The molecule has 0 saturated carbocycles. The van der Waals surface area contributed by atoms with Crippen molar-refractivity contribution >= 4 is 8.80 Å². The van der Waals surface area contributed by atoms with Crippen LogP contribution < -0.4 is 0 Å². The number of hydrogen-bond acceptors (Lipinski definition) is 0. The molecule has 0 aromatic rings. The van der Waals surface area contributed by atoms with Crippen LogP contribution in [-0.4, -0.2) is 8.80 Å². The summed E-state index contributed by atoms with van der Waals surface area (Å²) in [5.41, 5.74) is 1.61. The molecule has 0 atom stereocenters. The lowest BCUT2D eigenvalue weighted by Gasteiger charge is -2.09. The summed E-state index contributed by atoms with van der Waals surface area (Å²) in [5.74, 6) is 0. The van der Waals surface area contributed by atoms with Crippen molar-refractivity contribution in [2.24, 2.45) is 0 Å². The maximum Gasteiger partial charge on any atom is 0.0654 e. The summed E-state index contributed by atoms with van der Waals surface area (Å²) in [5, 5.41) is 1.60. The fourth-order valence-electron chi connectivity index (χ4n) is 1.59. The molecule has 0 aromatic carbocycles. The minimum Gasteiger partial charge on any atom is -0.0770 e. The van der Waals surface area contributed by atoms with E-state index in [2.05, 4.69) is 32.2 Å². The lowest BCUT2D eigenvalue weighted by atomic mass is 10.2. The maximum absolute atomic E-state index is 3.48. The Balaban J connectivity index is 2.60. The van der Waals surface area contributed by atoms with Gasteiger partial charge in [0.05, 0.1) is 8.80 Å². The highest BCUT2D eigenvalue weighted by Gasteiger charge is 2.12. The Morgan fingerprint density at radius 2 is 2.27 bits per heavy atom. The zero-order valence-corrected chi connectivity index (χ0v) is 8.93. The molecule has 0 bridgehead atoms. The predicted octanol–water partition coefficient (Wildman–Crippen LogP) is 2.87. The van der Waals surface area contributed by atoms with E-state index in [1.165, 1.54) is 12.8 Å². The van der Waals surface area contributed by atoms with E-state index < -0.39 is 8.80 Å². The van der Waals surface area contributed by atoms with Gasteiger partial charge >= 0.3 is 0 Å². The van der Waals surface area contributed by atoms with Gasteiger partial charge in [-0.2, -0.15) is 0 Å². The highest BCUT2D eigenvalue weighted by molar-refractivity contribution is 6.65.